The molecule has 2 N–H and O–H groups in total. The Morgan fingerprint density at radius 2 is 1.62 bits per heavy atom. The average molecular weight is 372 g/mol. The van der Waals surface area contributed by atoms with Crippen LogP contribution >= 0.6 is 0 Å². The maximum Gasteiger partial charge on any atom is 0.263 e. The summed E-state index contributed by atoms with van der Waals surface area (Å²) in [6, 6.07) is 14.2. The van der Waals surface area contributed by atoms with E-state index in [0.717, 1.165) is 5.56 Å². The molecule has 8 heteroatoms. The van der Waals surface area contributed by atoms with Crippen molar-refractivity contribution < 1.29 is 12.8 Å². The van der Waals surface area contributed by atoms with Crippen molar-refractivity contribution in [2.24, 2.45) is 0 Å². The van der Waals surface area contributed by atoms with Crippen LogP contribution in [0.2, 0.25) is 0 Å². The monoisotopic (exact) mass is 372 g/mol. The molecular weight excluding hydrogens is 355 g/mol. The van der Waals surface area contributed by atoms with Crippen molar-refractivity contribution in [1.82, 2.24) is 10.2 Å². The summed E-state index contributed by atoms with van der Waals surface area (Å²) in [5, 5.41) is 10.5. The molecule has 0 aliphatic rings. The summed E-state index contributed by atoms with van der Waals surface area (Å²) >= 11 is 0. The fourth-order valence-electron chi connectivity index (χ4n) is 2.45. The van der Waals surface area contributed by atoms with E-state index in [1.54, 1.807) is 43.3 Å². The Bertz CT molecular complexity index is 1040. The lowest BCUT2D eigenvalue weighted by molar-refractivity contribution is 0.600. The van der Waals surface area contributed by atoms with Crippen LogP contribution in [-0.2, 0) is 10.0 Å². The standard InChI is InChI=1S/C18H17FN4O2S/c1-12-7-8-16(13(2)11-12)26(24,25)23-18-10-9-17(21-22-18)20-15-6-4-3-5-14(15)19/h3-11H,1-2H3,(H,20,21)(H,22,23). The van der Waals surface area contributed by atoms with Crippen LogP contribution in [-0.4, -0.2) is 18.6 Å². The molecule has 1 aromatic heterocycles. The van der Waals surface area contributed by atoms with Gasteiger partial charge in [0.05, 0.1) is 10.6 Å². The molecule has 26 heavy (non-hydrogen) atoms. The molecule has 3 rings (SSSR count). The van der Waals surface area contributed by atoms with Crippen LogP contribution in [0.1, 0.15) is 11.1 Å². The zero-order valence-corrected chi connectivity index (χ0v) is 15.0. The molecule has 0 unspecified atom stereocenters. The normalized spacial score (nSPS) is 11.2. The lowest BCUT2D eigenvalue weighted by atomic mass is 10.2. The van der Waals surface area contributed by atoms with Crippen molar-refractivity contribution in [3.05, 3.63) is 71.5 Å². The molecule has 0 spiro atoms. The van der Waals surface area contributed by atoms with Crippen molar-refractivity contribution in [1.29, 1.82) is 0 Å². The van der Waals surface area contributed by atoms with Gasteiger partial charge in [-0.25, -0.2) is 12.8 Å². The first-order chi connectivity index (χ1) is 12.3. The molecule has 0 saturated heterocycles. The highest BCUT2D eigenvalue weighted by Gasteiger charge is 2.17. The number of nitrogens with one attached hydrogen (secondary N) is 2. The van der Waals surface area contributed by atoms with Gasteiger partial charge in [0.15, 0.2) is 11.6 Å². The summed E-state index contributed by atoms with van der Waals surface area (Å²) in [6.07, 6.45) is 0. The number of rotatable bonds is 5. The first-order valence-corrected chi connectivity index (χ1v) is 9.29. The van der Waals surface area contributed by atoms with Crippen LogP contribution in [0.3, 0.4) is 0 Å². The number of hydrogen-bond donors (Lipinski definition) is 2. The summed E-state index contributed by atoms with van der Waals surface area (Å²) in [5.41, 5.74) is 1.87. The second-order valence-electron chi connectivity index (χ2n) is 5.78. The van der Waals surface area contributed by atoms with E-state index in [-0.39, 0.29) is 16.4 Å². The zero-order chi connectivity index (χ0) is 18.7. The Morgan fingerprint density at radius 3 is 2.27 bits per heavy atom. The van der Waals surface area contributed by atoms with Gasteiger partial charge in [-0.3, -0.25) is 4.72 Å². The molecule has 0 amide bonds. The third-order valence-electron chi connectivity index (χ3n) is 3.66. The number of halogens is 1. The summed E-state index contributed by atoms with van der Waals surface area (Å²) < 4.78 is 41.0. The molecule has 6 nitrogen and oxygen atoms in total. The number of anilines is 3. The first kappa shape index (κ1) is 17.8. The summed E-state index contributed by atoms with van der Waals surface area (Å²) in [5.74, 6) is -0.0532. The summed E-state index contributed by atoms with van der Waals surface area (Å²) in [4.78, 5) is 0.179. The van der Waals surface area contributed by atoms with Crippen LogP contribution in [0.5, 0.6) is 0 Å². The highest BCUT2D eigenvalue weighted by atomic mass is 32.2. The van der Waals surface area contributed by atoms with Gasteiger partial charge in [-0.1, -0.05) is 29.8 Å². The van der Waals surface area contributed by atoms with E-state index >= 15 is 0 Å². The summed E-state index contributed by atoms with van der Waals surface area (Å²) in [7, 11) is -3.77. The molecule has 0 bridgehead atoms. The largest absolute Gasteiger partial charge is 0.336 e. The fraction of sp³-hybridized carbons (Fsp3) is 0.111. The Balaban J connectivity index is 1.77. The minimum Gasteiger partial charge on any atom is -0.336 e. The average Bonchev–Trinajstić information content (AvgIpc) is 2.58. The fourth-order valence-corrected chi connectivity index (χ4v) is 3.67. The van der Waals surface area contributed by atoms with Gasteiger partial charge in [-0.2, -0.15) is 0 Å². The number of para-hydroxylation sites is 1. The van der Waals surface area contributed by atoms with Gasteiger partial charge in [-0.05, 0) is 49.7 Å². The van der Waals surface area contributed by atoms with Gasteiger partial charge in [0.1, 0.15) is 5.82 Å². The number of sulfonamides is 1. The van der Waals surface area contributed by atoms with Crippen LogP contribution < -0.4 is 10.0 Å². The summed E-state index contributed by atoms with van der Waals surface area (Å²) in [6.45, 7) is 3.62. The van der Waals surface area contributed by atoms with Gasteiger partial charge in [0.2, 0.25) is 0 Å². The quantitative estimate of drug-likeness (QED) is 0.712. The SMILES string of the molecule is Cc1ccc(S(=O)(=O)Nc2ccc(Nc3ccccc3F)nn2)c(C)c1. The topological polar surface area (TPSA) is 84.0 Å². The van der Waals surface area contributed by atoms with Crippen LogP contribution in [0.4, 0.5) is 21.7 Å². The molecule has 0 aliphatic heterocycles. The molecule has 0 fully saturated rings. The number of aryl methyl sites for hydroxylation is 2. The number of benzene rings is 2. The van der Waals surface area contributed by atoms with Gasteiger partial charge >= 0.3 is 0 Å². The number of hydrogen-bond acceptors (Lipinski definition) is 5. The van der Waals surface area contributed by atoms with Crippen molar-refractivity contribution in [2.75, 3.05) is 10.0 Å². The molecule has 0 radical (unpaired) electrons. The third-order valence-corrected chi connectivity index (χ3v) is 5.17. The highest BCUT2D eigenvalue weighted by Crippen LogP contribution is 2.21. The molecule has 134 valence electrons. The van der Waals surface area contributed by atoms with Gasteiger partial charge in [0.25, 0.3) is 10.0 Å². The van der Waals surface area contributed by atoms with Crippen LogP contribution in [0.25, 0.3) is 0 Å². The van der Waals surface area contributed by atoms with Crippen LogP contribution in [0, 0.1) is 19.7 Å². The lowest BCUT2D eigenvalue weighted by Crippen LogP contribution is -2.15. The van der Waals surface area contributed by atoms with Gasteiger partial charge in [-0.15, -0.1) is 10.2 Å². The van der Waals surface area contributed by atoms with E-state index in [0.29, 0.717) is 11.4 Å². The van der Waals surface area contributed by atoms with E-state index in [2.05, 4.69) is 20.2 Å². The van der Waals surface area contributed by atoms with E-state index < -0.39 is 15.8 Å². The first-order valence-electron chi connectivity index (χ1n) is 7.80. The third kappa shape index (κ3) is 3.97. The Labute approximate surface area is 151 Å². The number of nitrogens with zero attached hydrogens (tertiary/aromatic N) is 2. The Hall–Kier alpha value is -3.00. The highest BCUT2D eigenvalue weighted by molar-refractivity contribution is 7.92. The van der Waals surface area contributed by atoms with Crippen molar-refractivity contribution >= 4 is 27.3 Å². The van der Waals surface area contributed by atoms with E-state index in [1.807, 2.05) is 6.92 Å². The lowest BCUT2D eigenvalue weighted by Gasteiger charge is -2.11. The molecular formula is C18H17FN4O2S. The molecule has 0 aliphatic carbocycles. The maximum atomic E-state index is 13.6. The maximum absolute atomic E-state index is 13.6. The Morgan fingerprint density at radius 1 is 0.923 bits per heavy atom. The smallest absolute Gasteiger partial charge is 0.263 e. The molecule has 0 saturated carbocycles. The molecule has 2 aromatic carbocycles. The second-order valence-corrected chi connectivity index (χ2v) is 7.43. The number of aromatic nitrogens is 2. The van der Waals surface area contributed by atoms with Crippen molar-refractivity contribution in [2.45, 2.75) is 18.7 Å². The van der Waals surface area contributed by atoms with E-state index in [4.69, 9.17) is 0 Å². The van der Waals surface area contributed by atoms with Crippen LogP contribution in [0.15, 0.2) is 59.5 Å². The zero-order valence-electron chi connectivity index (χ0n) is 14.2. The molecule has 1 heterocycles. The second kappa shape index (κ2) is 7.09. The molecule has 3 aromatic rings. The van der Waals surface area contributed by atoms with Gasteiger partial charge < -0.3 is 5.32 Å². The van der Waals surface area contributed by atoms with Crippen molar-refractivity contribution in [3.8, 4) is 0 Å². The Kier molecular flexibility index (Phi) is 4.85. The van der Waals surface area contributed by atoms with Gasteiger partial charge in [0, 0.05) is 0 Å². The van der Waals surface area contributed by atoms with Crippen molar-refractivity contribution in [3.63, 3.8) is 0 Å². The molecule has 0 atom stereocenters. The van der Waals surface area contributed by atoms with E-state index in [1.165, 1.54) is 18.2 Å². The predicted molar refractivity (Wildman–Crippen MR) is 98.4 cm³/mol. The predicted octanol–water partition coefficient (Wildman–Crippen LogP) is 3.78. The minimum atomic E-state index is -3.77. The van der Waals surface area contributed by atoms with E-state index in [9.17, 15) is 12.8 Å². The minimum absolute atomic E-state index is 0.0732.